The standard InChI is InChI=1S/C40H46O9/c1-39(2,28-5-13-34(14-6-28)45-22-32(42)21-44-27-41)29-7-15-35(16-8-29)46-23-33(43)24-47-36-17-9-30(10-18-36)40(3,4)31-11-19-37(20-12-31)48-25-38-26-49-38/h5-20,27,32-33,38,42-43H,21-26H2,1-4H3. The van der Waals surface area contributed by atoms with Crippen LogP contribution in [0.2, 0.25) is 0 Å². The van der Waals surface area contributed by atoms with Gasteiger partial charge in [-0.05, 0) is 70.8 Å². The van der Waals surface area contributed by atoms with Crippen molar-refractivity contribution in [3.05, 3.63) is 119 Å². The predicted octanol–water partition coefficient (Wildman–Crippen LogP) is 5.85. The van der Waals surface area contributed by atoms with Crippen LogP contribution in [0.4, 0.5) is 0 Å². The second-order valence-corrected chi connectivity index (χ2v) is 13.3. The number of rotatable bonds is 19. The van der Waals surface area contributed by atoms with E-state index < -0.39 is 12.2 Å². The molecule has 1 aliphatic rings. The second kappa shape index (κ2) is 16.2. The van der Waals surface area contributed by atoms with Crippen LogP contribution in [-0.4, -0.2) is 74.6 Å². The van der Waals surface area contributed by atoms with Crippen LogP contribution in [0.15, 0.2) is 97.1 Å². The van der Waals surface area contributed by atoms with Gasteiger partial charge in [0.2, 0.25) is 0 Å². The van der Waals surface area contributed by atoms with Gasteiger partial charge >= 0.3 is 0 Å². The van der Waals surface area contributed by atoms with Gasteiger partial charge in [-0.2, -0.15) is 0 Å². The fourth-order valence-corrected chi connectivity index (χ4v) is 5.38. The molecule has 1 saturated heterocycles. The number of benzene rings is 4. The van der Waals surface area contributed by atoms with E-state index in [9.17, 15) is 15.0 Å². The Balaban J connectivity index is 1.06. The zero-order valence-electron chi connectivity index (χ0n) is 28.5. The van der Waals surface area contributed by atoms with Gasteiger partial charge in [0, 0.05) is 10.8 Å². The second-order valence-electron chi connectivity index (χ2n) is 13.3. The highest BCUT2D eigenvalue weighted by Crippen LogP contribution is 2.35. The number of aliphatic hydroxyl groups is 2. The lowest BCUT2D eigenvalue weighted by atomic mass is 9.78. The van der Waals surface area contributed by atoms with Crippen molar-refractivity contribution < 1.29 is 43.4 Å². The summed E-state index contributed by atoms with van der Waals surface area (Å²) in [5.74, 6) is 2.79. The zero-order valence-corrected chi connectivity index (χ0v) is 28.5. The van der Waals surface area contributed by atoms with E-state index >= 15 is 0 Å². The molecule has 0 aromatic heterocycles. The molecule has 0 spiro atoms. The molecule has 0 bridgehead atoms. The smallest absolute Gasteiger partial charge is 0.293 e. The van der Waals surface area contributed by atoms with Gasteiger partial charge in [0.1, 0.15) is 74.3 Å². The van der Waals surface area contributed by atoms with Gasteiger partial charge in [-0.15, -0.1) is 0 Å². The Labute approximate surface area is 288 Å². The van der Waals surface area contributed by atoms with E-state index in [1.807, 2.05) is 72.8 Å². The van der Waals surface area contributed by atoms with E-state index in [1.165, 1.54) is 5.56 Å². The maximum atomic E-state index is 10.5. The predicted molar refractivity (Wildman–Crippen MR) is 186 cm³/mol. The van der Waals surface area contributed by atoms with Gasteiger partial charge in [0.25, 0.3) is 6.47 Å². The molecule has 0 saturated carbocycles. The highest BCUT2D eigenvalue weighted by atomic mass is 16.6. The van der Waals surface area contributed by atoms with E-state index in [0.29, 0.717) is 30.3 Å². The molecule has 3 unspecified atom stereocenters. The van der Waals surface area contributed by atoms with Crippen LogP contribution in [0.1, 0.15) is 49.9 Å². The van der Waals surface area contributed by atoms with Crippen molar-refractivity contribution in [3.63, 3.8) is 0 Å². The third-order valence-electron chi connectivity index (χ3n) is 8.83. The molecule has 3 atom stereocenters. The van der Waals surface area contributed by atoms with Gasteiger partial charge < -0.3 is 38.6 Å². The summed E-state index contributed by atoms with van der Waals surface area (Å²) in [7, 11) is 0. The average Bonchev–Trinajstić information content (AvgIpc) is 3.96. The summed E-state index contributed by atoms with van der Waals surface area (Å²) in [4.78, 5) is 10.3. The van der Waals surface area contributed by atoms with Crippen LogP contribution >= 0.6 is 0 Å². The Kier molecular flexibility index (Phi) is 11.8. The Bertz CT molecular complexity index is 1590. The van der Waals surface area contributed by atoms with Gasteiger partial charge in [-0.1, -0.05) is 76.2 Å². The largest absolute Gasteiger partial charge is 0.491 e. The normalized spacial score (nSPS) is 15.5. The summed E-state index contributed by atoms with van der Waals surface area (Å²) in [5.41, 5.74) is 4.00. The first-order valence-electron chi connectivity index (χ1n) is 16.5. The van der Waals surface area contributed by atoms with Crippen molar-refractivity contribution in [3.8, 4) is 23.0 Å². The van der Waals surface area contributed by atoms with Gasteiger partial charge in [-0.3, -0.25) is 4.79 Å². The molecule has 4 aromatic carbocycles. The molecule has 260 valence electrons. The molecule has 9 heteroatoms. The van der Waals surface area contributed by atoms with Crippen molar-refractivity contribution in [1.29, 1.82) is 0 Å². The lowest BCUT2D eigenvalue weighted by Gasteiger charge is -2.27. The first kappa shape index (κ1) is 35.7. The number of hydrogen-bond acceptors (Lipinski definition) is 9. The van der Waals surface area contributed by atoms with Crippen LogP contribution in [0.25, 0.3) is 0 Å². The SMILES string of the molecule is CC(C)(c1ccc(OCC(O)COC=O)cc1)c1ccc(OCC(O)COc2ccc(C(C)(C)c3ccc(OCC4CO4)cc3)cc2)cc1. The topological polar surface area (TPSA) is 116 Å². The van der Waals surface area contributed by atoms with Crippen molar-refractivity contribution in [2.24, 2.45) is 0 Å². The molecule has 0 aliphatic carbocycles. The van der Waals surface area contributed by atoms with Crippen LogP contribution in [0, 0.1) is 0 Å². The Morgan fingerprint density at radius 3 is 1.20 bits per heavy atom. The first-order valence-corrected chi connectivity index (χ1v) is 16.5. The van der Waals surface area contributed by atoms with Crippen LogP contribution in [0.5, 0.6) is 23.0 Å². The third kappa shape index (κ3) is 9.98. The van der Waals surface area contributed by atoms with E-state index in [-0.39, 0.29) is 43.4 Å². The first-order chi connectivity index (χ1) is 23.5. The number of aliphatic hydroxyl groups excluding tert-OH is 2. The maximum absolute atomic E-state index is 10.5. The summed E-state index contributed by atoms with van der Waals surface area (Å²) < 4.78 is 32.8. The molecule has 49 heavy (non-hydrogen) atoms. The van der Waals surface area contributed by atoms with Crippen molar-refractivity contribution in [2.75, 3.05) is 39.6 Å². The minimum atomic E-state index is -0.893. The highest BCUT2D eigenvalue weighted by Gasteiger charge is 2.26. The number of carbonyl (C=O) groups excluding carboxylic acids is 1. The summed E-state index contributed by atoms with van der Waals surface area (Å²) in [6, 6.07) is 31.7. The highest BCUT2D eigenvalue weighted by molar-refractivity contribution is 5.43. The van der Waals surface area contributed by atoms with E-state index in [2.05, 4.69) is 56.7 Å². The lowest BCUT2D eigenvalue weighted by Crippen LogP contribution is -2.25. The van der Waals surface area contributed by atoms with Crippen LogP contribution in [0.3, 0.4) is 0 Å². The minimum Gasteiger partial charge on any atom is -0.491 e. The summed E-state index contributed by atoms with van der Waals surface area (Å²) in [5, 5.41) is 20.3. The average molecular weight is 671 g/mol. The molecule has 0 radical (unpaired) electrons. The molecule has 4 aromatic rings. The number of carbonyl (C=O) groups is 1. The molecular weight excluding hydrogens is 624 g/mol. The molecule has 2 N–H and O–H groups in total. The van der Waals surface area contributed by atoms with Crippen molar-refractivity contribution in [2.45, 2.75) is 56.8 Å². The van der Waals surface area contributed by atoms with Gasteiger partial charge in [0.05, 0.1) is 6.61 Å². The summed E-state index contributed by atoms with van der Waals surface area (Å²) >= 11 is 0. The molecule has 1 aliphatic heterocycles. The number of ether oxygens (including phenoxy) is 6. The van der Waals surface area contributed by atoms with Gasteiger partial charge in [-0.25, -0.2) is 0 Å². The molecule has 1 heterocycles. The Morgan fingerprint density at radius 1 is 0.592 bits per heavy atom. The molecular formula is C40H46O9. The monoisotopic (exact) mass is 670 g/mol. The molecule has 5 rings (SSSR count). The Hall–Kier alpha value is -4.57. The number of hydrogen-bond donors (Lipinski definition) is 2. The van der Waals surface area contributed by atoms with Crippen LogP contribution in [-0.2, 0) is 25.1 Å². The number of epoxide rings is 1. The summed E-state index contributed by atoms with van der Waals surface area (Å²) in [6.07, 6.45) is -1.47. The Morgan fingerprint density at radius 2 is 0.898 bits per heavy atom. The quantitative estimate of drug-likeness (QED) is 0.0937. The van der Waals surface area contributed by atoms with E-state index in [0.717, 1.165) is 29.0 Å². The summed E-state index contributed by atoms with van der Waals surface area (Å²) in [6.45, 7) is 10.4. The maximum Gasteiger partial charge on any atom is 0.293 e. The third-order valence-corrected chi connectivity index (χ3v) is 8.83. The fraction of sp³-hybridized carbons (Fsp3) is 0.375. The van der Waals surface area contributed by atoms with Crippen molar-refractivity contribution >= 4 is 6.47 Å². The fourth-order valence-electron chi connectivity index (χ4n) is 5.38. The minimum absolute atomic E-state index is 0.0228. The van der Waals surface area contributed by atoms with Crippen LogP contribution < -0.4 is 18.9 Å². The van der Waals surface area contributed by atoms with E-state index in [1.54, 1.807) is 0 Å². The van der Waals surface area contributed by atoms with Crippen molar-refractivity contribution in [1.82, 2.24) is 0 Å². The van der Waals surface area contributed by atoms with Gasteiger partial charge in [0.15, 0.2) is 0 Å². The van der Waals surface area contributed by atoms with E-state index in [4.69, 9.17) is 23.7 Å². The molecule has 9 nitrogen and oxygen atoms in total. The molecule has 1 fully saturated rings. The zero-order chi connectivity index (χ0) is 34.9. The lowest BCUT2D eigenvalue weighted by molar-refractivity contribution is -0.132. The molecule has 0 amide bonds.